The van der Waals surface area contributed by atoms with Crippen LogP contribution in [0.2, 0.25) is 0 Å². The molecule has 5 heteroatoms. The second-order valence-corrected chi connectivity index (χ2v) is 6.12. The number of benzene rings is 1. The molecule has 0 fully saturated rings. The van der Waals surface area contributed by atoms with Gasteiger partial charge in [0.15, 0.2) is 0 Å². The van der Waals surface area contributed by atoms with Crippen molar-refractivity contribution in [1.82, 2.24) is 15.3 Å². The molecule has 0 radical (unpaired) electrons. The molecule has 0 aromatic heterocycles. The summed E-state index contributed by atoms with van der Waals surface area (Å²) < 4.78 is 0. The maximum absolute atomic E-state index is 13.1. The molecule has 1 amide bonds. The number of likely N-dealkylation sites (N-methyl/N-ethyl adjacent to an activating group) is 1. The van der Waals surface area contributed by atoms with Gasteiger partial charge in [0.1, 0.15) is 11.5 Å². The van der Waals surface area contributed by atoms with Crippen LogP contribution in [0.3, 0.4) is 0 Å². The summed E-state index contributed by atoms with van der Waals surface area (Å²) in [5.41, 5.74) is 13.2. The van der Waals surface area contributed by atoms with Gasteiger partial charge in [-0.3, -0.25) is 15.2 Å². The number of hydrazine groups is 1. The Kier molecular flexibility index (Phi) is 4.03. The molecule has 3 N–H and O–H groups in total. The van der Waals surface area contributed by atoms with Crippen molar-refractivity contribution in [2.45, 2.75) is 32.7 Å². The second-order valence-electron chi connectivity index (χ2n) is 6.12. The number of rotatable bonds is 2. The number of nitrogens with two attached hydrogens (primary N) is 1. The van der Waals surface area contributed by atoms with Gasteiger partial charge in [-0.15, -0.1) is 0 Å². The van der Waals surface area contributed by atoms with E-state index in [0.29, 0.717) is 11.5 Å². The van der Waals surface area contributed by atoms with E-state index in [9.17, 15) is 4.79 Å². The quantitative estimate of drug-likeness (QED) is 0.877. The van der Waals surface area contributed by atoms with Crippen molar-refractivity contribution < 1.29 is 4.79 Å². The van der Waals surface area contributed by atoms with Crippen molar-refractivity contribution in [2.24, 2.45) is 5.73 Å². The smallest absolute Gasteiger partial charge is 0.272 e. The average Bonchev–Trinajstić information content (AvgIpc) is 2.55. The van der Waals surface area contributed by atoms with E-state index in [1.807, 2.05) is 31.0 Å². The molecule has 2 aliphatic rings. The lowest BCUT2D eigenvalue weighted by Gasteiger charge is -2.38. The zero-order valence-corrected chi connectivity index (χ0v) is 14.0. The predicted octanol–water partition coefficient (Wildman–Crippen LogP) is 2.05. The number of nitrogens with zero attached hydrogens (tertiary/aromatic N) is 2. The first kappa shape index (κ1) is 15.5. The lowest BCUT2D eigenvalue weighted by atomic mass is 9.93. The van der Waals surface area contributed by atoms with Gasteiger partial charge in [-0.25, -0.2) is 0 Å². The van der Waals surface area contributed by atoms with Gasteiger partial charge in [0.2, 0.25) is 0 Å². The summed E-state index contributed by atoms with van der Waals surface area (Å²) in [6, 6.07) is 8.45. The Morgan fingerprint density at radius 3 is 2.87 bits per heavy atom. The van der Waals surface area contributed by atoms with Crippen molar-refractivity contribution >= 4 is 5.91 Å². The highest BCUT2D eigenvalue weighted by Gasteiger charge is 2.31. The van der Waals surface area contributed by atoms with Crippen LogP contribution >= 0.6 is 0 Å². The number of fused-ring (bicyclic) bond motifs is 1. The third-order valence-corrected chi connectivity index (χ3v) is 4.76. The van der Waals surface area contributed by atoms with Gasteiger partial charge in [-0.1, -0.05) is 31.2 Å². The van der Waals surface area contributed by atoms with E-state index in [1.165, 1.54) is 11.1 Å². The van der Waals surface area contributed by atoms with E-state index in [1.54, 1.807) is 5.01 Å². The Bertz CT molecular complexity index is 692. The minimum atomic E-state index is 0.0421. The van der Waals surface area contributed by atoms with Crippen LogP contribution in [0, 0.1) is 0 Å². The van der Waals surface area contributed by atoms with Gasteiger partial charge in [0.25, 0.3) is 5.91 Å². The third kappa shape index (κ3) is 2.67. The van der Waals surface area contributed by atoms with Crippen LogP contribution in [0.25, 0.3) is 0 Å². The molecule has 2 aliphatic heterocycles. The SMILES string of the molecule is CCC1=C(N)NN(C)C(C(=O)N2CCc3ccccc3[C@H]2C)=C1. The molecule has 122 valence electrons. The highest BCUT2D eigenvalue weighted by Crippen LogP contribution is 2.31. The van der Waals surface area contributed by atoms with Gasteiger partial charge in [-0.05, 0) is 42.5 Å². The van der Waals surface area contributed by atoms with E-state index in [-0.39, 0.29) is 11.9 Å². The number of carbonyl (C=O) groups is 1. The molecule has 0 spiro atoms. The Balaban J connectivity index is 1.89. The van der Waals surface area contributed by atoms with Crippen LogP contribution in [-0.4, -0.2) is 29.4 Å². The Labute approximate surface area is 137 Å². The summed E-state index contributed by atoms with van der Waals surface area (Å²) in [7, 11) is 1.82. The van der Waals surface area contributed by atoms with Crippen LogP contribution in [0.4, 0.5) is 0 Å². The molecule has 2 heterocycles. The van der Waals surface area contributed by atoms with Crippen LogP contribution in [0.1, 0.15) is 37.4 Å². The summed E-state index contributed by atoms with van der Waals surface area (Å²) in [6.07, 6.45) is 3.60. The van der Waals surface area contributed by atoms with E-state index in [0.717, 1.165) is 25.0 Å². The summed E-state index contributed by atoms with van der Waals surface area (Å²) in [5.74, 6) is 0.657. The summed E-state index contributed by atoms with van der Waals surface area (Å²) in [5, 5.41) is 1.71. The third-order valence-electron chi connectivity index (χ3n) is 4.76. The predicted molar refractivity (Wildman–Crippen MR) is 90.8 cm³/mol. The van der Waals surface area contributed by atoms with Crippen LogP contribution < -0.4 is 11.2 Å². The minimum absolute atomic E-state index is 0.0421. The van der Waals surface area contributed by atoms with E-state index in [2.05, 4.69) is 30.5 Å². The van der Waals surface area contributed by atoms with Gasteiger partial charge >= 0.3 is 0 Å². The number of hydrogen-bond acceptors (Lipinski definition) is 4. The second kappa shape index (κ2) is 5.99. The van der Waals surface area contributed by atoms with Crippen LogP contribution in [0.5, 0.6) is 0 Å². The molecule has 1 aromatic rings. The number of amides is 1. The molecule has 1 aromatic carbocycles. The Hall–Kier alpha value is -2.43. The molecule has 23 heavy (non-hydrogen) atoms. The average molecular weight is 312 g/mol. The lowest BCUT2D eigenvalue weighted by Crippen LogP contribution is -2.47. The fraction of sp³-hybridized carbons (Fsp3) is 0.389. The molecule has 0 aliphatic carbocycles. The van der Waals surface area contributed by atoms with Crippen molar-refractivity contribution in [1.29, 1.82) is 0 Å². The molecule has 0 bridgehead atoms. The van der Waals surface area contributed by atoms with E-state index < -0.39 is 0 Å². The molecule has 0 saturated heterocycles. The van der Waals surface area contributed by atoms with E-state index in [4.69, 9.17) is 5.73 Å². The summed E-state index contributed by atoms with van der Waals surface area (Å²) >= 11 is 0. The molecule has 5 nitrogen and oxygen atoms in total. The first-order valence-electron chi connectivity index (χ1n) is 8.12. The topological polar surface area (TPSA) is 61.6 Å². The molecule has 0 saturated carbocycles. The van der Waals surface area contributed by atoms with Gasteiger partial charge < -0.3 is 10.6 Å². The van der Waals surface area contributed by atoms with Crippen molar-refractivity contribution in [3.8, 4) is 0 Å². The minimum Gasteiger partial charge on any atom is -0.384 e. The standard InChI is InChI=1S/C18H24N4O/c1-4-13-11-16(21(3)20-17(13)19)18(23)22-10-9-14-7-5-6-8-15(14)12(22)2/h5-8,11-12,20H,4,9-10,19H2,1-3H3/t12-/m1/s1. The zero-order chi connectivity index (χ0) is 16.6. The summed E-state index contributed by atoms with van der Waals surface area (Å²) in [6.45, 7) is 4.87. The molecular formula is C18H24N4O. The fourth-order valence-corrected chi connectivity index (χ4v) is 3.35. The largest absolute Gasteiger partial charge is 0.384 e. The zero-order valence-electron chi connectivity index (χ0n) is 14.0. The van der Waals surface area contributed by atoms with E-state index >= 15 is 0 Å². The van der Waals surface area contributed by atoms with Crippen LogP contribution in [0.15, 0.2) is 47.4 Å². The first-order valence-corrected chi connectivity index (χ1v) is 8.12. The highest BCUT2D eigenvalue weighted by molar-refractivity contribution is 5.94. The first-order chi connectivity index (χ1) is 11.0. The number of allylic oxidation sites excluding steroid dienone is 2. The lowest BCUT2D eigenvalue weighted by molar-refractivity contribution is -0.131. The monoisotopic (exact) mass is 312 g/mol. The highest BCUT2D eigenvalue weighted by atomic mass is 16.2. The molecule has 1 atom stereocenters. The Morgan fingerprint density at radius 2 is 2.13 bits per heavy atom. The van der Waals surface area contributed by atoms with Crippen LogP contribution in [-0.2, 0) is 11.2 Å². The Morgan fingerprint density at radius 1 is 1.39 bits per heavy atom. The molecule has 0 unspecified atom stereocenters. The number of nitrogens with one attached hydrogen (secondary N) is 1. The number of carbonyl (C=O) groups excluding carboxylic acids is 1. The van der Waals surface area contributed by atoms with Gasteiger partial charge in [0, 0.05) is 13.6 Å². The van der Waals surface area contributed by atoms with Crippen molar-refractivity contribution in [2.75, 3.05) is 13.6 Å². The maximum Gasteiger partial charge on any atom is 0.272 e. The van der Waals surface area contributed by atoms with Gasteiger partial charge in [0.05, 0.1) is 6.04 Å². The maximum atomic E-state index is 13.1. The van der Waals surface area contributed by atoms with Gasteiger partial charge in [-0.2, -0.15) is 0 Å². The number of hydrogen-bond donors (Lipinski definition) is 2. The normalized spacial score (nSPS) is 20.8. The summed E-state index contributed by atoms with van der Waals surface area (Å²) in [4.78, 5) is 15.0. The van der Waals surface area contributed by atoms with Crippen molar-refractivity contribution in [3.63, 3.8) is 0 Å². The molecule has 3 rings (SSSR count). The fourth-order valence-electron chi connectivity index (χ4n) is 3.35. The molecular weight excluding hydrogens is 288 g/mol. The van der Waals surface area contributed by atoms with Crippen molar-refractivity contribution in [3.05, 3.63) is 58.6 Å².